The van der Waals surface area contributed by atoms with Gasteiger partial charge in [0, 0.05) is 16.5 Å². The van der Waals surface area contributed by atoms with E-state index in [0.717, 1.165) is 11.6 Å². The van der Waals surface area contributed by atoms with Crippen molar-refractivity contribution in [1.29, 1.82) is 0 Å². The van der Waals surface area contributed by atoms with Crippen LogP contribution < -0.4 is 0 Å². The van der Waals surface area contributed by atoms with Gasteiger partial charge in [-0.3, -0.25) is 0 Å². The normalized spacial score (nSPS) is 11.1. The molecule has 82 valence electrons. The number of rotatable bonds is 0. The van der Waals surface area contributed by atoms with Crippen LogP contribution in [0.3, 0.4) is 0 Å². The zero-order valence-corrected chi connectivity index (χ0v) is 11.3. The molecule has 0 N–H and O–H groups in total. The highest BCUT2D eigenvalue weighted by molar-refractivity contribution is 7.09. The second-order valence-corrected chi connectivity index (χ2v) is 6.13. The Hall–Kier alpha value is -0.370. The molecule has 1 heterocycles. The van der Waals surface area contributed by atoms with Gasteiger partial charge < -0.3 is 0 Å². The first-order valence-electron chi connectivity index (χ1n) is 5.16. The van der Waals surface area contributed by atoms with Crippen molar-refractivity contribution in [2.24, 2.45) is 5.92 Å². The molecule has 1 nitrogen and oxygen atoms in total. The molecule has 0 bridgehead atoms. The van der Waals surface area contributed by atoms with Crippen molar-refractivity contribution >= 4 is 11.3 Å². The van der Waals surface area contributed by atoms with Crippen molar-refractivity contribution < 1.29 is 0 Å². The summed E-state index contributed by atoms with van der Waals surface area (Å²) in [6.45, 7) is 15.1. The molecule has 2 heteroatoms. The highest BCUT2D eigenvalue weighted by atomic mass is 32.1. The minimum Gasteiger partial charge on any atom is -0.246 e. The zero-order chi connectivity index (χ0) is 11.4. The maximum absolute atomic E-state index is 4.40. The fourth-order valence-electron chi connectivity index (χ4n) is 0.698. The van der Waals surface area contributed by atoms with Crippen LogP contribution >= 0.6 is 11.3 Å². The highest BCUT2D eigenvalue weighted by Crippen LogP contribution is 2.24. The summed E-state index contributed by atoms with van der Waals surface area (Å²) in [6.07, 6.45) is 0. The molecule has 0 aliphatic heterocycles. The van der Waals surface area contributed by atoms with Crippen LogP contribution in [-0.2, 0) is 5.41 Å². The lowest BCUT2D eigenvalue weighted by molar-refractivity contribution is 0.584. The molecule has 0 atom stereocenters. The quantitative estimate of drug-likeness (QED) is 0.622. The summed E-state index contributed by atoms with van der Waals surface area (Å²) in [6, 6.07) is 0. The van der Waals surface area contributed by atoms with Gasteiger partial charge in [-0.05, 0) is 12.8 Å². The Bertz CT molecular complexity index is 253. The molecule has 1 aromatic heterocycles. The second-order valence-electron chi connectivity index (χ2n) is 5.28. The molecule has 0 spiro atoms. The monoisotopic (exact) mass is 213 g/mol. The van der Waals surface area contributed by atoms with Crippen LogP contribution in [0.15, 0.2) is 5.38 Å². The molecule has 0 unspecified atom stereocenters. The van der Waals surface area contributed by atoms with Gasteiger partial charge in [0.2, 0.25) is 0 Å². The lowest BCUT2D eigenvalue weighted by Crippen LogP contribution is -2.10. The summed E-state index contributed by atoms with van der Waals surface area (Å²) in [5, 5.41) is 3.32. The molecular formula is C12H23NS. The molecule has 1 rings (SSSR count). The van der Waals surface area contributed by atoms with E-state index in [1.165, 1.54) is 5.01 Å². The van der Waals surface area contributed by atoms with Gasteiger partial charge in [-0.25, -0.2) is 4.98 Å². The molecule has 0 saturated carbocycles. The summed E-state index contributed by atoms with van der Waals surface area (Å²) >= 11 is 1.75. The first-order valence-corrected chi connectivity index (χ1v) is 6.04. The third kappa shape index (κ3) is 6.14. The van der Waals surface area contributed by atoms with E-state index in [9.17, 15) is 0 Å². The Morgan fingerprint density at radius 2 is 1.64 bits per heavy atom. The SMILES string of the molecule is CC(C)C.Cc1csc(C(C)(C)C)n1. The van der Waals surface area contributed by atoms with Crippen molar-refractivity contribution in [3.05, 3.63) is 16.1 Å². The van der Waals surface area contributed by atoms with Crippen LogP contribution in [0.2, 0.25) is 0 Å². The smallest absolute Gasteiger partial charge is 0.0981 e. The minimum absolute atomic E-state index is 0.221. The summed E-state index contributed by atoms with van der Waals surface area (Å²) in [5.41, 5.74) is 1.36. The van der Waals surface area contributed by atoms with Crippen LogP contribution in [0.5, 0.6) is 0 Å². The number of hydrogen-bond acceptors (Lipinski definition) is 2. The predicted molar refractivity (Wildman–Crippen MR) is 66.1 cm³/mol. The molecule has 14 heavy (non-hydrogen) atoms. The maximum Gasteiger partial charge on any atom is 0.0981 e. The Labute approximate surface area is 92.6 Å². The predicted octanol–water partition coefficient (Wildman–Crippen LogP) is 4.41. The van der Waals surface area contributed by atoms with Crippen molar-refractivity contribution in [3.63, 3.8) is 0 Å². The zero-order valence-electron chi connectivity index (χ0n) is 10.5. The highest BCUT2D eigenvalue weighted by Gasteiger charge is 2.16. The Morgan fingerprint density at radius 3 is 1.79 bits per heavy atom. The van der Waals surface area contributed by atoms with Gasteiger partial charge in [-0.15, -0.1) is 11.3 Å². The first kappa shape index (κ1) is 13.6. The Balaban J connectivity index is 0.000000364. The fourth-order valence-corrected chi connectivity index (χ4v) is 1.58. The molecule has 0 saturated heterocycles. The molecule has 0 amide bonds. The van der Waals surface area contributed by atoms with Gasteiger partial charge in [0.25, 0.3) is 0 Å². The fraction of sp³-hybridized carbons (Fsp3) is 0.750. The van der Waals surface area contributed by atoms with Gasteiger partial charge in [0.15, 0.2) is 0 Å². The average molecular weight is 213 g/mol. The van der Waals surface area contributed by atoms with E-state index >= 15 is 0 Å². The number of hydrogen-bond donors (Lipinski definition) is 0. The summed E-state index contributed by atoms with van der Waals surface area (Å²) in [5.74, 6) is 0.833. The van der Waals surface area contributed by atoms with E-state index in [-0.39, 0.29) is 5.41 Å². The van der Waals surface area contributed by atoms with Crippen LogP contribution in [0, 0.1) is 12.8 Å². The molecular weight excluding hydrogens is 190 g/mol. The average Bonchev–Trinajstić information content (AvgIpc) is 2.32. The van der Waals surface area contributed by atoms with Gasteiger partial charge in [-0.2, -0.15) is 0 Å². The van der Waals surface area contributed by atoms with Crippen LogP contribution in [0.4, 0.5) is 0 Å². The van der Waals surface area contributed by atoms with Gasteiger partial charge in [0.05, 0.1) is 5.01 Å². The molecule has 0 aromatic carbocycles. The number of aromatic nitrogens is 1. The topological polar surface area (TPSA) is 12.9 Å². The Morgan fingerprint density at radius 1 is 1.21 bits per heavy atom. The lowest BCUT2D eigenvalue weighted by atomic mass is 9.98. The first-order chi connectivity index (χ1) is 6.23. The minimum atomic E-state index is 0.221. The van der Waals surface area contributed by atoms with Crippen molar-refractivity contribution in [3.8, 4) is 0 Å². The van der Waals surface area contributed by atoms with E-state index < -0.39 is 0 Å². The van der Waals surface area contributed by atoms with Crippen molar-refractivity contribution in [2.75, 3.05) is 0 Å². The van der Waals surface area contributed by atoms with E-state index in [1.54, 1.807) is 11.3 Å². The Kier molecular flexibility index (Phi) is 5.35. The number of thiazole rings is 1. The summed E-state index contributed by atoms with van der Waals surface area (Å²) < 4.78 is 0. The molecule has 0 radical (unpaired) electrons. The molecule has 0 fully saturated rings. The van der Waals surface area contributed by atoms with Gasteiger partial charge in [0.1, 0.15) is 0 Å². The van der Waals surface area contributed by atoms with Crippen molar-refractivity contribution in [2.45, 2.75) is 53.9 Å². The van der Waals surface area contributed by atoms with E-state index in [1.807, 2.05) is 6.92 Å². The largest absolute Gasteiger partial charge is 0.246 e. The van der Waals surface area contributed by atoms with Crippen LogP contribution in [0.1, 0.15) is 52.2 Å². The van der Waals surface area contributed by atoms with Crippen LogP contribution in [0.25, 0.3) is 0 Å². The molecule has 0 aliphatic rings. The van der Waals surface area contributed by atoms with Gasteiger partial charge >= 0.3 is 0 Å². The number of aryl methyl sites for hydroxylation is 1. The summed E-state index contributed by atoms with van der Waals surface area (Å²) in [7, 11) is 0. The van der Waals surface area contributed by atoms with Gasteiger partial charge in [-0.1, -0.05) is 41.5 Å². The third-order valence-corrected chi connectivity index (χ3v) is 2.65. The standard InChI is InChI=1S/C8H13NS.C4H10/c1-6-5-10-7(9-6)8(2,3)4;1-4(2)3/h5H,1-4H3;4H,1-3H3. The number of nitrogens with zero attached hydrogens (tertiary/aromatic N) is 1. The van der Waals surface area contributed by atoms with Crippen molar-refractivity contribution in [1.82, 2.24) is 4.98 Å². The van der Waals surface area contributed by atoms with Crippen LogP contribution in [-0.4, -0.2) is 4.98 Å². The summed E-state index contributed by atoms with van der Waals surface area (Å²) in [4.78, 5) is 4.40. The lowest BCUT2D eigenvalue weighted by Gasteiger charge is -2.13. The molecule has 0 aliphatic carbocycles. The van der Waals surface area contributed by atoms with E-state index in [0.29, 0.717) is 0 Å². The van der Waals surface area contributed by atoms with E-state index in [2.05, 4.69) is 51.9 Å². The second kappa shape index (κ2) is 5.50. The molecule has 1 aromatic rings. The van der Waals surface area contributed by atoms with E-state index in [4.69, 9.17) is 0 Å². The third-order valence-electron chi connectivity index (χ3n) is 1.26. The maximum atomic E-state index is 4.40.